The van der Waals surface area contributed by atoms with Gasteiger partial charge in [0, 0.05) is 12.1 Å². The van der Waals surface area contributed by atoms with E-state index >= 15 is 0 Å². The number of methoxy groups -OCH3 is 1. The molecular weight excluding hydrogens is 294 g/mol. The van der Waals surface area contributed by atoms with Gasteiger partial charge in [-0.1, -0.05) is 13.8 Å². The van der Waals surface area contributed by atoms with Crippen LogP contribution in [0.1, 0.15) is 30.8 Å². The molecule has 0 fully saturated rings. The zero-order valence-electron chi connectivity index (χ0n) is 13.7. The first-order valence-corrected chi connectivity index (χ1v) is 7.67. The Kier molecular flexibility index (Phi) is 5.76. The molecule has 2 rings (SSSR count). The number of nitrogens with zero attached hydrogens (tertiary/aromatic N) is 1. The average Bonchev–Trinajstić information content (AvgIpc) is 3.04. The van der Waals surface area contributed by atoms with Crippen LogP contribution >= 0.6 is 0 Å². The molecule has 1 aromatic heterocycles. The smallest absolute Gasteiger partial charge is 0.269 e. The monoisotopic (exact) mass is 317 g/mol. The highest BCUT2D eigenvalue weighted by atomic mass is 16.5. The predicted molar refractivity (Wildman–Crippen MR) is 88.4 cm³/mol. The van der Waals surface area contributed by atoms with Gasteiger partial charge in [-0.25, -0.2) is 0 Å². The molecule has 2 aromatic rings. The third-order valence-corrected chi connectivity index (χ3v) is 3.70. The molecule has 0 saturated heterocycles. The van der Waals surface area contributed by atoms with Crippen molar-refractivity contribution in [1.29, 1.82) is 0 Å². The van der Waals surface area contributed by atoms with Gasteiger partial charge in [0.25, 0.3) is 5.91 Å². The van der Waals surface area contributed by atoms with Crippen molar-refractivity contribution in [2.75, 3.05) is 13.7 Å². The summed E-state index contributed by atoms with van der Waals surface area (Å²) in [6.45, 7) is 4.32. The van der Waals surface area contributed by atoms with Gasteiger partial charge in [-0.2, -0.15) is 5.10 Å². The number of rotatable bonds is 7. The maximum Gasteiger partial charge on any atom is 0.269 e. The molecule has 6 nitrogen and oxygen atoms in total. The van der Waals surface area contributed by atoms with Crippen molar-refractivity contribution < 1.29 is 14.6 Å². The van der Waals surface area contributed by atoms with Gasteiger partial charge >= 0.3 is 0 Å². The van der Waals surface area contributed by atoms with Gasteiger partial charge < -0.3 is 15.2 Å². The first-order valence-electron chi connectivity index (χ1n) is 7.67. The molecule has 1 aromatic carbocycles. The van der Waals surface area contributed by atoms with Crippen molar-refractivity contribution >= 4 is 5.91 Å². The number of benzene rings is 1. The van der Waals surface area contributed by atoms with Gasteiger partial charge in [-0.15, -0.1) is 0 Å². The van der Waals surface area contributed by atoms with Gasteiger partial charge in [-0.3, -0.25) is 9.89 Å². The second-order valence-corrected chi connectivity index (χ2v) is 5.75. The van der Waals surface area contributed by atoms with Gasteiger partial charge in [0.1, 0.15) is 11.4 Å². The first-order chi connectivity index (χ1) is 11.0. The Morgan fingerprint density at radius 3 is 2.65 bits per heavy atom. The lowest BCUT2D eigenvalue weighted by Crippen LogP contribution is -2.28. The summed E-state index contributed by atoms with van der Waals surface area (Å²) >= 11 is 0. The normalized spacial score (nSPS) is 12.2. The van der Waals surface area contributed by atoms with E-state index in [9.17, 15) is 9.90 Å². The number of hydrogen-bond donors (Lipinski definition) is 3. The highest BCUT2D eigenvalue weighted by Crippen LogP contribution is 2.21. The second-order valence-electron chi connectivity index (χ2n) is 5.75. The van der Waals surface area contributed by atoms with Crippen LogP contribution in [-0.2, 0) is 0 Å². The number of aromatic nitrogens is 2. The number of aliphatic hydroxyl groups excluding tert-OH is 1. The molecule has 3 N–H and O–H groups in total. The largest absolute Gasteiger partial charge is 0.497 e. The third-order valence-electron chi connectivity index (χ3n) is 3.70. The molecule has 0 spiro atoms. The Morgan fingerprint density at radius 2 is 2.04 bits per heavy atom. The molecule has 6 heteroatoms. The van der Waals surface area contributed by atoms with Crippen molar-refractivity contribution in [3.63, 3.8) is 0 Å². The fourth-order valence-electron chi connectivity index (χ4n) is 2.11. The standard InChI is InChI=1S/C17H23N3O3/c1-11(2)16(21)8-9-18-17(22)15-10-14(19-20-15)12-4-6-13(23-3)7-5-12/h4-7,10-11,16,21H,8-9H2,1-3H3,(H,18,22)(H,19,20). The van der Waals surface area contributed by atoms with Crippen LogP contribution in [0.5, 0.6) is 5.75 Å². The van der Waals surface area contributed by atoms with Crippen LogP contribution in [0.4, 0.5) is 0 Å². The molecule has 0 bridgehead atoms. The summed E-state index contributed by atoms with van der Waals surface area (Å²) in [7, 11) is 1.61. The van der Waals surface area contributed by atoms with Crippen molar-refractivity contribution in [3.8, 4) is 17.0 Å². The molecule has 23 heavy (non-hydrogen) atoms. The van der Waals surface area contributed by atoms with Crippen LogP contribution in [-0.4, -0.2) is 41.0 Å². The molecule has 0 radical (unpaired) electrons. The van der Waals surface area contributed by atoms with E-state index in [-0.39, 0.29) is 11.8 Å². The molecule has 124 valence electrons. The van der Waals surface area contributed by atoms with Crippen LogP contribution < -0.4 is 10.1 Å². The molecule has 1 atom stereocenters. The van der Waals surface area contributed by atoms with Crippen molar-refractivity contribution in [3.05, 3.63) is 36.0 Å². The molecule has 1 heterocycles. The molecule has 0 aliphatic heterocycles. The topological polar surface area (TPSA) is 87.2 Å². The van der Waals surface area contributed by atoms with E-state index < -0.39 is 6.10 Å². The zero-order valence-corrected chi connectivity index (χ0v) is 13.7. The van der Waals surface area contributed by atoms with Gasteiger partial charge in [-0.05, 0) is 42.7 Å². The van der Waals surface area contributed by atoms with E-state index in [1.54, 1.807) is 13.2 Å². The Labute approximate surface area is 135 Å². The van der Waals surface area contributed by atoms with Crippen LogP contribution in [0.3, 0.4) is 0 Å². The van der Waals surface area contributed by atoms with E-state index in [1.165, 1.54) is 0 Å². The number of carbonyl (C=O) groups excluding carboxylic acids is 1. The highest BCUT2D eigenvalue weighted by molar-refractivity contribution is 5.93. The lowest BCUT2D eigenvalue weighted by molar-refractivity contribution is 0.0915. The maximum absolute atomic E-state index is 12.1. The number of aromatic amines is 1. The number of hydrogen-bond acceptors (Lipinski definition) is 4. The lowest BCUT2D eigenvalue weighted by Gasteiger charge is -2.14. The summed E-state index contributed by atoms with van der Waals surface area (Å²) < 4.78 is 5.12. The fourth-order valence-corrected chi connectivity index (χ4v) is 2.11. The summed E-state index contributed by atoms with van der Waals surface area (Å²) in [5.41, 5.74) is 1.99. The van der Waals surface area contributed by atoms with Gasteiger partial charge in [0.2, 0.25) is 0 Å². The Balaban J connectivity index is 1.94. The Bertz CT molecular complexity index is 635. The molecule has 0 aliphatic carbocycles. The molecular formula is C17H23N3O3. The summed E-state index contributed by atoms with van der Waals surface area (Å²) in [6, 6.07) is 9.16. The quantitative estimate of drug-likeness (QED) is 0.731. The first kappa shape index (κ1) is 17.0. The van der Waals surface area contributed by atoms with Crippen LogP contribution in [0.25, 0.3) is 11.3 Å². The van der Waals surface area contributed by atoms with Crippen molar-refractivity contribution in [2.45, 2.75) is 26.4 Å². The number of nitrogens with one attached hydrogen (secondary N) is 2. The van der Waals surface area contributed by atoms with Crippen LogP contribution in [0, 0.1) is 5.92 Å². The minimum absolute atomic E-state index is 0.181. The van der Waals surface area contributed by atoms with Crippen molar-refractivity contribution in [2.24, 2.45) is 5.92 Å². The number of aliphatic hydroxyl groups is 1. The Hall–Kier alpha value is -2.34. The van der Waals surface area contributed by atoms with Crippen LogP contribution in [0.2, 0.25) is 0 Å². The average molecular weight is 317 g/mol. The summed E-state index contributed by atoms with van der Waals surface area (Å²) in [4.78, 5) is 12.1. The van der Waals surface area contributed by atoms with Gasteiger partial charge in [0.05, 0.1) is 18.9 Å². The highest BCUT2D eigenvalue weighted by Gasteiger charge is 2.13. The van der Waals surface area contributed by atoms with E-state index in [0.29, 0.717) is 24.4 Å². The summed E-state index contributed by atoms with van der Waals surface area (Å²) in [5, 5.41) is 19.4. The van der Waals surface area contributed by atoms with E-state index in [0.717, 1.165) is 11.3 Å². The van der Waals surface area contributed by atoms with E-state index in [2.05, 4.69) is 15.5 Å². The summed E-state index contributed by atoms with van der Waals surface area (Å²) in [5.74, 6) is 0.722. The maximum atomic E-state index is 12.1. The molecule has 1 amide bonds. The fraction of sp³-hybridized carbons (Fsp3) is 0.412. The summed E-state index contributed by atoms with van der Waals surface area (Å²) in [6.07, 6.45) is 0.120. The number of carbonyl (C=O) groups is 1. The SMILES string of the molecule is COc1ccc(-c2cc(C(=O)NCCC(O)C(C)C)[nH]n2)cc1. The lowest BCUT2D eigenvalue weighted by atomic mass is 10.0. The Morgan fingerprint density at radius 1 is 1.35 bits per heavy atom. The number of H-pyrrole nitrogens is 1. The molecule has 0 aliphatic rings. The second kappa shape index (κ2) is 7.78. The van der Waals surface area contributed by atoms with E-state index in [4.69, 9.17) is 4.74 Å². The minimum atomic E-state index is -0.410. The number of ether oxygens (including phenoxy) is 1. The third kappa shape index (κ3) is 4.56. The molecule has 0 saturated carbocycles. The predicted octanol–water partition coefficient (Wildman–Crippen LogP) is 2.22. The van der Waals surface area contributed by atoms with Crippen molar-refractivity contribution in [1.82, 2.24) is 15.5 Å². The van der Waals surface area contributed by atoms with E-state index in [1.807, 2.05) is 38.1 Å². The number of amides is 1. The minimum Gasteiger partial charge on any atom is -0.497 e. The van der Waals surface area contributed by atoms with Gasteiger partial charge in [0.15, 0.2) is 0 Å². The molecule has 1 unspecified atom stereocenters. The van der Waals surface area contributed by atoms with Crippen LogP contribution in [0.15, 0.2) is 30.3 Å². The zero-order chi connectivity index (χ0) is 16.8.